The number of rotatable bonds is 4. The monoisotopic (exact) mass is 380 g/mol. The number of benzene rings is 1. The molecule has 0 aliphatic rings. The molecule has 2 rings (SSSR count). The van der Waals surface area contributed by atoms with Gasteiger partial charge in [-0.25, -0.2) is 0 Å². The van der Waals surface area contributed by atoms with Gasteiger partial charge >= 0.3 is 5.69 Å². The molecule has 0 aliphatic heterocycles. The van der Waals surface area contributed by atoms with Gasteiger partial charge in [-0.05, 0) is 51.5 Å². The zero-order valence-corrected chi connectivity index (χ0v) is 14.8. The number of aryl methyl sites for hydroxylation is 2. The number of amides is 1. The summed E-state index contributed by atoms with van der Waals surface area (Å²) in [6.45, 7) is 6.70. The van der Waals surface area contributed by atoms with Crippen molar-refractivity contribution in [3.63, 3.8) is 0 Å². The molecular weight excluding hydrogens is 364 g/mol. The summed E-state index contributed by atoms with van der Waals surface area (Å²) in [7, 11) is 0. The highest BCUT2D eigenvalue weighted by Crippen LogP contribution is 2.26. The average molecular weight is 381 g/mol. The van der Waals surface area contributed by atoms with Crippen LogP contribution in [0.25, 0.3) is 0 Å². The van der Waals surface area contributed by atoms with Crippen molar-refractivity contribution in [1.29, 1.82) is 0 Å². The van der Waals surface area contributed by atoms with Crippen LogP contribution in [0.3, 0.4) is 0 Å². The van der Waals surface area contributed by atoms with Crippen LogP contribution in [-0.2, 0) is 4.79 Å². The van der Waals surface area contributed by atoms with E-state index in [2.05, 4.69) is 26.3 Å². The minimum Gasteiger partial charge on any atom is -0.324 e. The maximum absolute atomic E-state index is 12.4. The van der Waals surface area contributed by atoms with Gasteiger partial charge in [0.1, 0.15) is 17.4 Å². The van der Waals surface area contributed by atoms with Crippen molar-refractivity contribution < 1.29 is 9.72 Å². The second kappa shape index (κ2) is 6.49. The zero-order valence-electron chi connectivity index (χ0n) is 13.3. The molecule has 8 heteroatoms. The standard InChI is InChI=1S/C15H17BrN4O3/c1-8-7-12(16)5-6-13(8)17-15(21)11(4)19-10(3)14(20(22)23)9(2)18-19/h5-7,11H,1-4H3,(H,17,21). The lowest BCUT2D eigenvalue weighted by atomic mass is 10.2. The van der Waals surface area contributed by atoms with Crippen molar-refractivity contribution in [2.24, 2.45) is 0 Å². The fourth-order valence-electron chi connectivity index (χ4n) is 2.41. The predicted octanol–water partition coefficient (Wildman–Crippen LogP) is 3.68. The first-order chi connectivity index (χ1) is 10.7. The second-order valence-corrected chi connectivity index (χ2v) is 6.26. The van der Waals surface area contributed by atoms with Gasteiger partial charge < -0.3 is 5.32 Å². The number of aromatic nitrogens is 2. The molecule has 0 radical (unpaired) electrons. The van der Waals surface area contributed by atoms with Crippen LogP contribution in [0.2, 0.25) is 0 Å². The molecule has 0 aliphatic carbocycles. The number of nitro groups is 1. The van der Waals surface area contributed by atoms with E-state index in [-0.39, 0.29) is 11.6 Å². The maximum atomic E-state index is 12.4. The molecule has 1 N–H and O–H groups in total. The lowest BCUT2D eigenvalue weighted by Gasteiger charge is -2.15. The van der Waals surface area contributed by atoms with Gasteiger partial charge in [-0.15, -0.1) is 0 Å². The van der Waals surface area contributed by atoms with Crippen molar-refractivity contribution >= 4 is 33.2 Å². The van der Waals surface area contributed by atoms with Crippen LogP contribution in [0.4, 0.5) is 11.4 Å². The Balaban J connectivity index is 2.27. The Hall–Kier alpha value is -2.22. The first kappa shape index (κ1) is 17.1. The molecule has 1 aromatic carbocycles. The van der Waals surface area contributed by atoms with E-state index in [1.807, 2.05) is 19.1 Å². The summed E-state index contributed by atoms with van der Waals surface area (Å²) in [5.41, 5.74) is 2.22. The van der Waals surface area contributed by atoms with Crippen LogP contribution in [0, 0.1) is 30.9 Å². The van der Waals surface area contributed by atoms with E-state index in [9.17, 15) is 14.9 Å². The first-order valence-corrected chi connectivity index (χ1v) is 7.78. The number of carbonyl (C=O) groups excluding carboxylic acids is 1. The van der Waals surface area contributed by atoms with Gasteiger partial charge in [0.25, 0.3) is 0 Å². The minimum absolute atomic E-state index is 0.0514. The quantitative estimate of drug-likeness (QED) is 0.646. The number of nitrogens with zero attached hydrogens (tertiary/aromatic N) is 3. The molecule has 0 saturated heterocycles. The average Bonchev–Trinajstić information content (AvgIpc) is 2.76. The molecule has 1 heterocycles. The van der Waals surface area contributed by atoms with Crippen molar-refractivity contribution in [1.82, 2.24) is 9.78 Å². The number of nitrogens with one attached hydrogen (secondary N) is 1. The molecule has 23 heavy (non-hydrogen) atoms. The van der Waals surface area contributed by atoms with Crippen LogP contribution >= 0.6 is 15.9 Å². The summed E-state index contributed by atoms with van der Waals surface area (Å²) in [6, 6.07) is 4.87. The molecule has 1 aromatic heterocycles. The SMILES string of the molecule is Cc1cc(Br)ccc1NC(=O)C(C)n1nc(C)c([N+](=O)[O-])c1C. The number of hydrogen-bond acceptors (Lipinski definition) is 4. The van der Waals surface area contributed by atoms with E-state index >= 15 is 0 Å². The van der Waals surface area contributed by atoms with Gasteiger partial charge in [0.05, 0.1) is 4.92 Å². The topological polar surface area (TPSA) is 90.1 Å². The summed E-state index contributed by atoms with van der Waals surface area (Å²) >= 11 is 3.37. The van der Waals surface area contributed by atoms with E-state index < -0.39 is 11.0 Å². The number of carbonyl (C=O) groups is 1. The molecular formula is C15H17BrN4O3. The molecule has 0 saturated carbocycles. The summed E-state index contributed by atoms with van der Waals surface area (Å²) in [5, 5.41) is 18.0. The second-order valence-electron chi connectivity index (χ2n) is 5.35. The van der Waals surface area contributed by atoms with Gasteiger partial charge in [0.15, 0.2) is 0 Å². The van der Waals surface area contributed by atoms with Crippen LogP contribution < -0.4 is 5.32 Å². The summed E-state index contributed by atoms with van der Waals surface area (Å²) in [5.74, 6) is -0.282. The third-order valence-electron chi connectivity index (χ3n) is 3.66. The fraction of sp³-hybridized carbons (Fsp3) is 0.333. The van der Waals surface area contributed by atoms with Crippen LogP contribution in [0.15, 0.2) is 22.7 Å². The Morgan fingerprint density at radius 2 is 2.04 bits per heavy atom. The highest BCUT2D eigenvalue weighted by Gasteiger charge is 2.27. The molecule has 0 bridgehead atoms. The van der Waals surface area contributed by atoms with Gasteiger partial charge in [-0.1, -0.05) is 15.9 Å². The molecule has 1 amide bonds. The molecule has 0 spiro atoms. The van der Waals surface area contributed by atoms with Crippen molar-refractivity contribution in [2.75, 3.05) is 5.32 Å². The van der Waals surface area contributed by atoms with Gasteiger partial charge in [-0.3, -0.25) is 19.6 Å². The predicted molar refractivity (Wildman–Crippen MR) is 90.6 cm³/mol. The Kier molecular flexibility index (Phi) is 4.84. The number of hydrogen-bond donors (Lipinski definition) is 1. The molecule has 1 atom stereocenters. The van der Waals surface area contributed by atoms with E-state index in [1.165, 1.54) is 4.68 Å². The van der Waals surface area contributed by atoms with Crippen LogP contribution in [-0.4, -0.2) is 20.6 Å². The Bertz CT molecular complexity index is 785. The maximum Gasteiger partial charge on any atom is 0.312 e. The lowest BCUT2D eigenvalue weighted by Crippen LogP contribution is -2.25. The minimum atomic E-state index is -0.662. The largest absolute Gasteiger partial charge is 0.324 e. The van der Waals surface area contributed by atoms with Crippen molar-refractivity contribution in [3.8, 4) is 0 Å². The van der Waals surface area contributed by atoms with E-state index in [4.69, 9.17) is 0 Å². The molecule has 1 unspecified atom stereocenters. The fourth-order valence-corrected chi connectivity index (χ4v) is 2.89. The molecule has 7 nitrogen and oxygen atoms in total. The normalized spacial score (nSPS) is 12.0. The summed E-state index contributed by atoms with van der Waals surface area (Å²) in [6.07, 6.45) is 0. The molecule has 2 aromatic rings. The molecule has 0 fully saturated rings. The number of anilines is 1. The lowest BCUT2D eigenvalue weighted by molar-refractivity contribution is -0.386. The van der Waals surface area contributed by atoms with Gasteiger partial charge in [0, 0.05) is 10.2 Å². The van der Waals surface area contributed by atoms with Crippen LogP contribution in [0.1, 0.15) is 29.9 Å². The zero-order chi connectivity index (χ0) is 17.3. The highest BCUT2D eigenvalue weighted by molar-refractivity contribution is 9.10. The van der Waals surface area contributed by atoms with Crippen molar-refractivity contribution in [2.45, 2.75) is 33.7 Å². The third kappa shape index (κ3) is 3.42. The Morgan fingerprint density at radius 3 is 2.57 bits per heavy atom. The van der Waals surface area contributed by atoms with E-state index in [0.29, 0.717) is 17.1 Å². The molecule has 122 valence electrons. The van der Waals surface area contributed by atoms with Crippen molar-refractivity contribution in [3.05, 3.63) is 49.7 Å². The highest BCUT2D eigenvalue weighted by atomic mass is 79.9. The van der Waals surface area contributed by atoms with E-state index in [0.717, 1.165) is 10.0 Å². The van der Waals surface area contributed by atoms with Gasteiger partial charge in [0.2, 0.25) is 5.91 Å². The summed E-state index contributed by atoms with van der Waals surface area (Å²) < 4.78 is 2.31. The number of halogens is 1. The summed E-state index contributed by atoms with van der Waals surface area (Å²) in [4.78, 5) is 23.0. The first-order valence-electron chi connectivity index (χ1n) is 6.99. The van der Waals surface area contributed by atoms with Gasteiger partial charge in [-0.2, -0.15) is 5.10 Å². The third-order valence-corrected chi connectivity index (χ3v) is 4.16. The Labute approximate surface area is 142 Å². The Morgan fingerprint density at radius 1 is 1.39 bits per heavy atom. The van der Waals surface area contributed by atoms with E-state index in [1.54, 1.807) is 26.8 Å². The van der Waals surface area contributed by atoms with Crippen LogP contribution in [0.5, 0.6) is 0 Å². The smallest absolute Gasteiger partial charge is 0.312 e.